The van der Waals surface area contributed by atoms with Gasteiger partial charge in [-0.2, -0.15) is 8.42 Å². The zero-order valence-electron chi connectivity index (χ0n) is 11.9. The Kier molecular flexibility index (Phi) is 5.18. The van der Waals surface area contributed by atoms with E-state index in [-0.39, 0.29) is 12.5 Å². The largest absolute Gasteiger partial charge is 0.326 e. The molecule has 0 heterocycles. The second-order valence-corrected chi connectivity index (χ2v) is 7.23. The van der Waals surface area contributed by atoms with Crippen LogP contribution in [0.4, 0.5) is 0 Å². The lowest BCUT2D eigenvalue weighted by Gasteiger charge is -2.23. The molecule has 4 nitrogen and oxygen atoms in total. The van der Waals surface area contributed by atoms with E-state index in [4.69, 9.17) is 9.92 Å². The molecular weight excluding hydrogens is 274 g/mol. The predicted molar refractivity (Wildman–Crippen MR) is 79.8 cm³/mol. The maximum absolute atomic E-state index is 11.3. The topological polar surface area (TPSA) is 69.4 Å². The van der Waals surface area contributed by atoms with E-state index >= 15 is 0 Å². The molecule has 0 bridgehead atoms. The summed E-state index contributed by atoms with van der Waals surface area (Å²) in [5, 5.41) is 0. The smallest absolute Gasteiger partial charge is 0.264 e. The summed E-state index contributed by atoms with van der Waals surface area (Å²) >= 11 is 0. The van der Waals surface area contributed by atoms with Gasteiger partial charge in [0.2, 0.25) is 0 Å². The third-order valence-corrected chi connectivity index (χ3v) is 4.61. The molecule has 0 amide bonds. The summed E-state index contributed by atoms with van der Waals surface area (Å²) < 4.78 is 27.6. The molecule has 20 heavy (non-hydrogen) atoms. The average molecular weight is 297 g/mol. The molecular formula is C15H23NO3S. The SMILES string of the molecule is CS(=O)(=O)OCC(c1cccc(CN)c1)C1CCCC1. The van der Waals surface area contributed by atoms with Crippen LogP contribution in [0.5, 0.6) is 0 Å². The van der Waals surface area contributed by atoms with E-state index in [1.807, 2.05) is 18.2 Å². The van der Waals surface area contributed by atoms with Crippen molar-refractivity contribution in [3.8, 4) is 0 Å². The van der Waals surface area contributed by atoms with Gasteiger partial charge in [-0.1, -0.05) is 37.1 Å². The molecule has 1 aromatic rings. The van der Waals surface area contributed by atoms with Crippen molar-refractivity contribution in [1.82, 2.24) is 0 Å². The lowest BCUT2D eigenvalue weighted by molar-refractivity contribution is 0.252. The Labute approximate surface area is 121 Å². The lowest BCUT2D eigenvalue weighted by atomic mass is 9.85. The molecule has 1 saturated carbocycles. The van der Waals surface area contributed by atoms with Crippen molar-refractivity contribution >= 4 is 10.1 Å². The van der Waals surface area contributed by atoms with Gasteiger partial charge in [-0.25, -0.2) is 0 Å². The highest BCUT2D eigenvalue weighted by Gasteiger charge is 2.27. The molecule has 112 valence electrons. The molecule has 0 saturated heterocycles. The first kappa shape index (κ1) is 15.5. The van der Waals surface area contributed by atoms with Gasteiger partial charge in [0.15, 0.2) is 0 Å². The van der Waals surface area contributed by atoms with Crippen molar-refractivity contribution in [2.45, 2.75) is 38.1 Å². The highest BCUT2D eigenvalue weighted by molar-refractivity contribution is 7.85. The maximum atomic E-state index is 11.3. The first-order valence-corrected chi connectivity index (χ1v) is 8.94. The standard InChI is InChI=1S/C15H23NO3S/c1-20(17,18)19-11-15(13-6-2-3-7-13)14-8-4-5-12(9-14)10-16/h4-5,8-9,13,15H,2-3,6-7,10-11,16H2,1H3. The van der Waals surface area contributed by atoms with E-state index in [2.05, 4.69) is 6.07 Å². The van der Waals surface area contributed by atoms with Crippen LogP contribution in [-0.2, 0) is 20.8 Å². The third kappa shape index (κ3) is 4.30. The van der Waals surface area contributed by atoms with Crippen LogP contribution in [0.2, 0.25) is 0 Å². The molecule has 0 spiro atoms. The van der Waals surface area contributed by atoms with Gasteiger partial charge < -0.3 is 5.73 Å². The highest BCUT2D eigenvalue weighted by atomic mass is 32.2. The van der Waals surface area contributed by atoms with Crippen LogP contribution in [0.15, 0.2) is 24.3 Å². The van der Waals surface area contributed by atoms with Gasteiger partial charge in [-0.15, -0.1) is 0 Å². The van der Waals surface area contributed by atoms with Crippen LogP contribution < -0.4 is 5.73 Å². The predicted octanol–water partition coefficient (Wildman–Crippen LogP) is 2.40. The van der Waals surface area contributed by atoms with Crippen molar-refractivity contribution < 1.29 is 12.6 Å². The van der Waals surface area contributed by atoms with Crippen molar-refractivity contribution in [1.29, 1.82) is 0 Å². The van der Waals surface area contributed by atoms with Gasteiger partial charge in [0.05, 0.1) is 12.9 Å². The second-order valence-electron chi connectivity index (χ2n) is 5.59. The molecule has 1 aliphatic rings. The summed E-state index contributed by atoms with van der Waals surface area (Å²) in [4.78, 5) is 0. The van der Waals surface area contributed by atoms with E-state index < -0.39 is 10.1 Å². The quantitative estimate of drug-likeness (QED) is 0.819. The normalized spacial score (nSPS) is 18.3. The molecule has 0 aliphatic heterocycles. The Balaban J connectivity index is 2.20. The van der Waals surface area contributed by atoms with E-state index in [0.717, 1.165) is 30.2 Å². The van der Waals surface area contributed by atoms with Crippen molar-refractivity contribution in [3.63, 3.8) is 0 Å². The number of hydrogen-bond donors (Lipinski definition) is 1. The Hall–Kier alpha value is -0.910. The van der Waals surface area contributed by atoms with Gasteiger partial charge >= 0.3 is 0 Å². The average Bonchev–Trinajstić information content (AvgIpc) is 2.92. The number of hydrogen-bond acceptors (Lipinski definition) is 4. The van der Waals surface area contributed by atoms with Crippen LogP contribution in [-0.4, -0.2) is 21.3 Å². The van der Waals surface area contributed by atoms with Crippen LogP contribution in [0.3, 0.4) is 0 Å². The van der Waals surface area contributed by atoms with Gasteiger partial charge in [-0.3, -0.25) is 4.18 Å². The molecule has 2 rings (SSSR count). The second kappa shape index (κ2) is 6.70. The van der Waals surface area contributed by atoms with Crippen molar-refractivity contribution in [2.24, 2.45) is 11.7 Å². The molecule has 1 aliphatic carbocycles. The molecule has 0 radical (unpaired) electrons. The van der Waals surface area contributed by atoms with Crippen LogP contribution >= 0.6 is 0 Å². The molecule has 1 unspecified atom stereocenters. The third-order valence-electron chi connectivity index (χ3n) is 4.05. The monoisotopic (exact) mass is 297 g/mol. The molecule has 1 atom stereocenters. The van der Waals surface area contributed by atoms with Gasteiger partial charge in [0, 0.05) is 12.5 Å². The zero-order valence-corrected chi connectivity index (χ0v) is 12.7. The van der Waals surface area contributed by atoms with Gasteiger partial charge in [0.25, 0.3) is 10.1 Å². The zero-order chi connectivity index (χ0) is 14.6. The highest BCUT2D eigenvalue weighted by Crippen LogP contribution is 2.37. The fourth-order valence-electron chi connectivity index (χ4n) is 3.01. The van der Waals surface area contributed by atoms with E-state index in [0.29, 0.717) is 12.5 Å². The minimum atomic E-state index is -3.40. The molecule has 5 heteroatoms. The Bertz CT molecular complexity index is 536. The number of rotatable bonds is 6. The minimum absolute atomic E-state index is 0.138. The molecule has 2 N–H and O–H groups in total. The fourth-order valence-corrected chi connectivity index (χ4v) is 3.41. The van der Waals surface area contributed by atoms with Crippen molar-refractivity contribution in [3.05, 3.63) is 35.4 Å². The number of nitrogens with two attached hydrogens (primary N) is 1. The fraction of sp³-hybridized carbons (Fsp3) is 0.600. The minimum Gasteiger partial charge on any atom is -0.326 e. The maximum Gasteiger partial charge on any atom is 0.264 e. The first-order valence-electron chi connectivity index (χ1n) is 7.13. The molecule has 1 aromatic carbocycles. The van der Waals surface area contributed by atoms with E-state index in [1.165, 1.54) is 12.8 Å². The summed E-state index contributed by atoms with van der Waals surface area (Å²) in [6, 6.07) is 8.11. The van der Waals surface area contributed by atoms with Crippen LogP contribution in [0, 0.1) is 5.92 Å². The first-order chi connectivity index (χ1) is 9.49. The van der Waals surface area contributed by atoms with Gasteiger partial charge in [-0.05, 0) is 29.9 Å². The lowest BCUT2D eigenvalue weighted by Crippen LogP contribution is -2.19. The summed E-state index contributed by atoms with van der Waals surface area (Å²) in [6.45, 7) is 0.732. The van der Waals surface area contributed by atoms with Crippen LogP contribution in [0.1, 0.15) is 42.7 Å². The number of benzene rings is 1. The van der Waals surface area contributed by atoms with Crippen molar-refractivity contribution in [2.75, 3.05) is 12.9 Å². The summed E-state index contributed by atoms with van der Waals surface area (Å²) in [6.07, 6.45) is 5.83. The Morgan fingerprint density at radius 1 is 1.35 bits per heavy atom. The molecule has 1 fully saturated rings. The summed E-state index contributed by atoms with van der Waals surface area (Å²) in [5.74, 6) is 0.642. The van der Waals surface area contributed by atoms with Crippen LogP contribution in [0.25, 0.3) is 0 Å². The summed E-state index contributed by atoms with van der Waals surface area (Å²) in [7, 11) is -3.40. The Morgan fingerprint density at radius 2 is 2.05 bits per heavy atom. The van der Waals surface area contributed by atoms with E-state index in [1.54, 1.807) is 0 Å². The molecule has 0 aromatic heterocycles. The summed E-state index contributed by atoms with van der Waals surface area (Å²) in [5.41, 5.74) is 7.90. The van der Waals surface area contributed by atoms with E-state index in [9.17, 15) is 8.42 Å². The Morgan fingerprint density at radius 3 is 2.65 bits per heavy atom. The van der Waals surface area contributed by atoms with Gasteiger partial charge in [0.1, 0.15) is 0 Å².